The van der Waals surface area contributed by atoms with Crippen LogP contribution in [0.15, 0.2) is 0 Å². The van der Waals surface area contributed by atoms with E-state index in [0.29, 0.717) is 18.7 Å². The smallest absolute Gasteiger partial charge is 0.326 e. The van der Waals surface area contributed by atoms with Gasteiger partial charge < -0.3 is 10.0 Å². The summed E-state index contributed by atoms with van der Waals surface area (Å²) >= 11 is 1.19. The number of rotatable bonds is 4. The number of nitrogens with zero attached hydrogens (tertiary/aromatic N) is 1. The van der Waals surface area contributed by atoms with E-state index in [1.54, 1.807) is 0 Å². The third kappa shape index (κ3) is 3.23. The van der Waals surface area contributed by atoms with Crippen LogP contribution in [-0.4, -0.2) is 45.3 Å². The van der Waals surface area contributed by atoms with E-state index in [1.165, 1.54) is 30.5 Å². The number of hydrogen-bond acceptors (Lipinski definition) is 4. The van der Waals surface area contributed by atoms with Gasteiger partial charge in [-0.15, -0.1) is 0 Å². The molecule has 0 spiro atoms. The highest BCUT2D eigenvalue weighted by Crippen LogP contribution is 2.23. The maximum Gasteiger partial charge on any atom is 0.326 e. The van der Waals surface area contributed by atoms with Crippen LogP contribution in [0.3, 0.4) is 0 Å². The molecule has 0 aromatic carbocycles. The lowest BCUT2D eigenvalue weighted by Gasteiger charge is -2.20. The fourth-order valence-corrected chi connectivity index (χ4v) is 2.36. The maximum absolute atomic E-state index is 11.5. The fourth-order valence-electron chi connectivity index (χ4n) is 1.66. The predicted molar refractivity (Wildman–Crippen MR) is 60.1 cm³/mol. The first-order chi connectivity index (χ1) is 7.41. The van der Waals surface area contributed by atoms with Gasteiger partial charge in [0.15, 0.2) is 5.12 Å². The molecule has 1 aliphatic rings. The highest BCUT2D eigenvalue weighted by atomic mass is 32.2. The van der Waals surface area contributed by atoms with Crippen molar-refractivity contribution in [2.45, 2.75) is 26.3 Å². The lowest BCUT2D eigenvalue weighted by molar-refractivity contribution is -0.147. The van der Waals surface area contributed by atoms with Crippen LogP contribution in [0, 0.1) is 5.92 Å². The quantitative estimate of drug-likeness (QED) is 0.784. The third-order valence-electron chi connectivity index (χ3n) is 2.59. The Kier molecular flexibility index (Phi) is 4.35. The SMILES string of the molecule is CC(=O)SCC1CC(=O)N(C(C)C(=O)O)C1. The third-order valence-corrected chi connectivity index (χ3v) is 3.63. The first kappa shape index (κ1) is 13.0. The van der Waals surface area contributed by atoms with E-state index in [-0.39, 0.29) is 16.9 Å². The minimum atomic E-state index is -0.992. The van der Waals surface area contributed by atoms with Crippen LogP contribution in [0.1, 0.15) is 20.3 Å². The van der Waals surface area contributed by atoms with E-state index in [0.717, 1.165) is 0 Å². The molecular weight excluding hydrogens is 230 g/mol. The lowest BCUT2D eigenvalue weighted by atomic mass is 10.1. The Balaban J connectivity index is 2.50. The van der Waals surface area contributed by atoms with Gasteiger partial charge in [-0.05, 0) is 12.8 Å². The topological polar surface area (TPSA) is 74.7 Å². The average Bonchev–Trinajstić information content (AvgIpc) is 2.55. The second kappa shape index (κ2) is 5.34. The molecule has 1 heterocycles. The second-order valence-corrected chi connectivity index (χ2v) is 5.13. The minimum absolute atomic E-state index is 0.0252. The Morgan fingerprint density at radius 3 is 2.75 bits per heavy atom. The molecule has 0 radical (unpaired) electrons. The summed E-state index contributed by atoms with van der Waals surface area (Å²) in [6.07, 6.45) is 0.345. The van der Waals surface area contributed by atoms with Gasteiger partial charge >= 0.3 is 5.97 Å². The van der Waals surface area contributed by atoms with E-state index in [1.807, 2.05) is 0 Å². The average molecular weight is 245 g/mol. The molecule has 6 heteroatoms. The summed E-state index contributed by atoms with van der Waals surface area (Å²) in [5.41, 5.74) is 0. The molecule has 0 saturated carbocycles. The van der Waals surface area contributed by atoms with Crippen LogP contribution in [0.5, 0.6) is 0 Å². The summed E-state index contributed by atoms with van der Waals surface area (Å²) in [5, 5.41) is 8.84. The summed E-state index contributed by atoms with van der Waals surface area (Å²) in [4.78, 5) is 34.4. The molecule has 0 bridgehead atoms. The van der Waals surface area contributed by atoms with E-state index < -0.39 is 12.0 Å². The molecule has 90 valence electrons. The van der Waals surface area contributed by atoms with Crippen LogP contribution in [0.2, 0.25) is 0 Å². The zero-order chi connectivity index (χ0) is 12.3. The number of carbonyl (C=O) groups is 3. The summed E-state index contributed by atoms with van der Waals surface area (Å²) < 4.78 is 0. The normalized spacial score (nSPS) is 22.2. The van der Waals surface area contributed by atoms with Gasteiger partial charge in [-0.3, -0.25) is 9.59 Å². The molecule has 0 aromatic heterocycles. The summed E-state index contributed by atoms with van der Waals surface area (Å²) in [5.74, 6) is -0.454. The molecule has 0 aliphatic carbocycles. The summed E-state index contributed by atoms with van der Waals surface area (Å²) in [6.45, 7) is 3.42. The van der Waals surface area contributed by atoms with Crippen molar-refractivity contribution in [1.29, 1.82) is 0 Å². The van der Waals surface area contributed by atoms with Gasteiger partial charge in [0, 0.05) is 25.6 Å². The standard InChI is InChI=1S/C10H15NO4S/c1-6(10(14)15)11-4-8(3-9(11)13)5-16-7(2)12/h6,8H,3-5H2,1-2H3,(H,14,15). The molecule has 2 atom stereocenters. The maximum atomic E-state index is 11.5. The summed E-state index contributed by atoms with van der Waals surface area (Å²) in [7, 11) is 0. The Labute approximate surface area is 98.2 Å². The fraction of sp³-hybridized carbons (Fsp3) is 0.700. The number of likely N-dealkylation sites (tertiary alicyclic amines) is 1. The largest absolute Gasteiger partial charge is 0.480 e. The molecule has 1 amide bonds. The number of aliphatic carboxylic acids is 1. The van der Waals surface area contributed by atoms with Crippen molar-refractivity contribution in [2.75, 3.05) is 12.3 Å². The second-order valence-electron chi connectivity index (χ2n) is 3.93. The number of hydrogen-bond donors (Lipinski definition) is 1. The molecule has 1 fully saturated rings. The number of thioether (sulfide) groups is 1. The van der Waals surface area contributed by atoms with Crippen molar-refractivity contribution in [3.63, 3.8) is 0 Å². The van der Waals surface area contributed by atoms with Crippen molar-refractivity contribution < 1.29 is 19.5 Å². The zero-order valence-electron chi connectivity index (χ0n) is 9.30. The molecule has 1 rings (SSSR count). The number of carboxylic acid groups (broad SMARTS) is 1. The highest BCUT2D eigenvalue weighted by Gasteiger charge is 2.35. The number of carboxylic acids is 1. The van der Waals surface area contributed by atoms with Gasteiger partial charge in [-0.25, -0.2) is 4.79 Å². The van der Waals surface area contributed by atoms with Crippen LogP contribution in [0.4, 0.5) is 0 Å². The van der Waals surface area contributed by atoms with Crippen molar-refractivity contribution in [3.8, 4) is 0 Å². The number of amides is 1. The van der Waals surface area contributed by atoms with Crippen molar-refractivity contribution in [1.82, 2.24) is 4.90 Å². The van der Waals surface area contributed by atoms with Gasteiger partial charge in [0.1, 0.15) is 6.04 Å². The van der Waals surface area contributed by atoms with E-state index >= 15 is 0 Å². The molecular formula is C10H15NO4S. The Bertz CT molecular complexity index is 318. The van der Waals surface area contributed by atoms with Crippen LogP contribution in [0.25, 0.3) is 0 Å². The first-order valence-corrected chi connectivity index (χ1v) is 6.06. The van der Waals surface area contributed by atoms with Gasteiger partial charge in [-0.1, -0.05) is 11.8 Å². The Morgan fingerprint density at radius 1 is 1.62 bits per heavy atom. The van der Waals surface area contributed by atoms with E-state index in [9.17, 15) is 14.4 Å². The first-order valence-electron chi connectivity index (χ1n) is 5.07. The zero-order valence-corrected chi connectivity index (χ0v) is 10.1. The van der Waals surface area contributed by atoms with Crippen molar-refractivity contribution in [3.05, 3.63) is 0 Å². The Morgan fingerprint density at radius 2 is 2.25 bits per heavy atom. The van der Waals surface area contributed by atoms with Crippen molar-refractivity contribution in [2.24, 2.45) is 5.92 Å². The predicted octanol–water partition coefficient (Wildman–Crippen LogP) is 0.588. The molecule has 1 N–H and O–H groups in total. The van der Waals surface area contributed by atoms with Crippen LogP contribution < -0.4 is 0 Å². The molecule has 2 unspecified atom stereocenters. The van der Waals surface area contributed by atoms with Crippen LogP contribution in [-0.2, 0) is 14.4 Å². The van der Waals surface area contributed by atoms with Gasteiger partial charge in [0.25, 0.3) is 0 Å². The van der Waals surface area contributed by atoms with E-state index in [4.69, 9.17) is 5.11 Å². The minimum Gasteiger partial charge on any atom is -0.480 e. The molecule has 5 nitrogen and oxygen atoms in total. The highest BCUT2D eigenvalue weighted by molar-refractivity contribution is 8.13. The number of carbonyl (C=O) groups excluding carboxylic acids is 2. The Hall–Kier alpha value is -1.04. The summed E-state index contributed by atoms with van der Waals surface area (Å²) in [6, 6.07) is -0.778. The van der Waals surface area contributed by atoms with Crippen LogP contribution >= 0.6 is 11.8 Å². The molecule has 16 heavy (non-hydrogen) atoms. The monoisotopic (exact) mass is 245 g/mol. The van der Waals surface area contributed by atoms with Crippen molar-refractivity contribution >= 4 is 28.8 Å². The van der Waals surface area contributed by atoms with Gasteiger partial charge in [0.05, 0.1) is 0 Å². The molecule has 1 aliphatic heterocycles. The van der Waals surface area contributed by atoms with Gasteiger partial charge in [-0.2, -0.15) is 0 Å². The molecule has 1 saturated heterocycles. The lowest BCUT2D eigenvalue weighted by Crippen LogP contribution is -2.40. The van der Waals surface area contributed by atoms with Gasteiger partial charge in [0.2, 0.25) is 5.91 Å². The van der Waals surface area contributed by atoms with E-state index in [2.05, 4.69) is 0 Å². The molecule has 0 aromatic rings.